The Morgan fingerprint density at radius 1 is 1.37 bits per heavy atom. The number of anilines is 1. The molecule has 1 aromatic rings. The summed E-state index contributed by atoms with van der Waals surface area (Å²) in [6, 6.07) is 3.48. The molecule has 0 bridgehead atoms. The van der Waals surface area contributed by atoms with Gasteiger partial charge in [0.15, 0.2) is 0 Å². The molecule has 4 nitrogen and oxygen atoms in total. The van der Waals surface area contributed by atoms with Crippen LogP contribution in [0.25, 0.3) is 0 Å². The minimum Gasteiger partial charge on any atom is -0.398 e. The van der Waals surface area contributed by atoms with Crippen LogP contribution in [0.15, 0.2) is 29.7 Å². The van der Waals surface area contributed by atoms with Gasteiger partial charge in [0.2, 0.25) is 10.0 Å². The van der Waals surface area contributed by atoms with Crippen LogP contribution in [0.3, 0.4) is 0 Å². The Balaban J connectivity index is 3.41. The number of hydrogen-bond acceptors (Lipinski definition) is 3. The molecule has 0 fully saturated rings. The summed E-state index contributed by atoms with van der Waals surface area (Å²) in [5.41, 5.74) is 7.67. The molecule has 0 saturated heterocycles. The monoisotopic (exact) mass is 282 g/mol. The highest BCUT2D eigenvalue weighted by molar-refractivity contribution is 7.89. The standard InChI is InChI=1S/C14H22N2O2S/c1-5-9-16(10-6-2)19(17,18)14-11(3)7-8-13(15)12(14)4/h5,7-8H,1,6,9-10,15H2,2-4H3. The van der Waals surface area contributed by atoms with Gasteiger partial charge in [-0.1, -0.05) is 19.1 Å². The summed E-state index contributed by atoms with van der Waals surface area (Å²) in [5.74, 6) is 0. The van der Waals surface area contributed by atoms with Crippen LogP contribution in [0.1, 0.15) is 24.5 Å². The summed E-state index contributed by atoms with van der Waals surface area (Å²) in [4.78, 5) is 0.322. The van der Waals surface area contributed by atoms with Gasteiger partial charge in [-0.05, 0) is 37.5 Å². The lowest BCUT2D eigenvalue weighted by Crippen LogP contribution is -2.33. The predicted molar refractivity (Wildman–Crippen MR) is 79.6 cm³/mol. The second-order valence-electron chi connectivity index (χ2n) is 4.58. The second-order valence-corrected chi connectivity index (χ2v) is 6.45. The summed E-state index contributed by atoms with van der Waals surface area (Å²) < 4.78 is 26.9. The molecule has 2 N–H and O–H groups in total. The van der Waals surface area contributed by atoms with E-state index in [1.807, 2.05) is 6.92 Å². The number of aryl methyl sites for hydroxylation is 1. The van der Waals surface area contributed by atoms with E-state index in [9.17, 15) is 8.42 Å². The quantitative estimate of drug-likeness (QED) is 0.644. The van der Waals surface area contributed by atoms with E-state index in [0.29, 0.717) is 29.2 Å². The van der Waals surface area contributed by atoms with Gasteiger partial charge in [0, 0.05) is 18.8 Å². The minimum atomic E-state index is -3.53. The van der Waals surface area contributed by atoms with Crippen LogP contribution < -0.4 is 5.73 Å². The van der Waals surface area contributed by atoms with Gasteiger partial charge in [0.1, 0.15) is 0 Å². The maximum Gasteiger partial charge on any atom is 0.243 e. The molecule has 1 aromatic carbocycles. The van der Waals surface area contributed by atoms with Gasteiger partial charge in [-0.2, -0.15) is 4.31 Å². The van der Waals surface area contributed by atoms with Crippen molar-refractivity contribution in [3.63, 3.8) is 0 Å². The zero-order chi connectivity index (χ0) is 14.6. The van der Waals surface area contributed by atoms with Crippen LogP contribution in [-0.4, -0.2) is 25.8 Å². The van der Waals surface area contributed by atoms with E-state index in [4.69, 9.17) is 5.73 Å². The van der Waals surface area contributed by atoms with Gasteiger partial charge in [0.05, 0.1) is 4.90 Å². The zero-order valence-electron chi connectivity index (χ0n) is 11.8. The molecule has 0 radical (unpaired) electrons. The number of nitrogen functional groups attached to an aromatic ring is 1. The first-order chi connectivity index (χ1) is 8.86. The number of nitrogens with zero attached hydrogens (tertiary/aromatic N) is 1. The van der Waals surface area contributed by atoms with E-state index in [1.54, 1.807) is 32.1 Å². The van der Waals surface area contributed by atoms with Crippen LogP contribution in [0.5, 0.6) is 0 Å². The fourth-order valence-corrected chi connectivity index (χ4v) is 4.03. The van der Waals surface area contributed by atoms with Crippen molar-refractivity contribution in [1.29, 1.82) is 0 Å². The maximum atomic E-state index is 12.7. The molecule has 1 rings (SSSR count). The van der Waals surface area contributed by atoms with Crippen molar-refractivity contribution in [2.24, 2.45) is 0 Å². The lowest BCUT2D eigenvalue weighted by atomic mass is 10.1. The molecule has 0 aliphatic heterocycles. The first-order valence-electron chi connectivity index (χ1n) is 6.33. The molecule has 0 unspecified atom stereocenters. The van der Waals surface area contributed by atoms with Gasteiger partial charge < -0.3 is 5.73 Å². The second kappa shape index (κ2) is 6.21. The molecule has 0 aliphatic carbocycles. The number of hydrogen-bond donors (Lipinski definition) is 1. The number of benzene rings is 1. The van der Waals surface area contributed by atoms with Crippen LogP contribution in [-0.2, 0) is 10.0 Å². The Morgan fingerprint density at radius 2 is 2.00 bits per heavy atom. The largest absolute Gasteiger partial charge is 0.398 e. The third kappa shape index (κ3) is 3.16. The lowest BCUT2D eigenvalue weighted by Gasteiger charge is -2.23. The van der Waals surface area contributed by atoms with Crippen LogP contribution in [0.4, 0.5) is 5.69 Å². The van der Waals surface area contributed by atoms with E-state index in [1.165, 1.54) is 4.31 Å². The number of rotatable bonds is 6. The molecule has 0 heterocycles. The molecule has 106 valence electrons. The van der Waals surface area contributed by atoms with Crippen molar-refractivity contribution in [3.8, 4) is 0 Å². The van der Waals surface area contributed by atoms with E-state index in [0.717, 1.165) is 12.0 Å². The first kappa shape index (κ1) is 15.7. The van der Waals surface area contributed by atoms with Crippen molar-refractivity contribution in [2.45, 2.75) is 32.1 Å². The third-order valence-electron chi connectivity index (χ3n) is 3.05. The summed E-state index contributed by atoms with van der Waals surface area (Å²) in [7, 11) is -3.53. The van der Waals surface area contributed by atoms with Crippen LogP contribution >= 0.6 is 0 Å². The van der Waals surface area contributed by atoms with Gasteiger partial charge in [-0.3, -0.25) is 0 Å². The summed E-state index contributed by atoms with van der Waals surface area (Å²) in [6.45, 7) is 9.89. The Morgan fingerprint density at radius 3 is 2.53 bits per heavy atom. The molecular formula is C14H22N2O2S. The SMILES string of the molecule is C=CCN(CCC)S(=O)(=O)c1c(C)ccc(N)c1C. The Bertz CT molecular complexity index is 565. The fraction of sp³-hybridized carbons (Fsp3) is 0.429. The van der Waals surface area contributed by atoms with Crippen LogP contribution in [0, 0.1) is 13.8 Å². The van der Waals surface area contributed by atoms with Gasteiger partial charge in [-0.15, -0.1) is 6.58 Å². The maximum absolute atomic E-state index is 12.7. The van der Waals surface area contributed by atoms with Crippen molar-refractivity contribution < 1.29 is 8.42 Å². The normalized spacial score (nSPS) is 11.8. The highest BCUT2D eigenvalue weighted by atomic mass is 32.2. The summed E-state index contributed by atoms with van der Waals surface area (Å²) >= 11 is 0. The van der Waals surface area contributed by atoms with Crippen LogP contribution in [0.2, 0.25) is 0 Å². The molecular weight excluding hydrogens is 260 g/mol. The van der Waals surface area contributed by atoms with Crippen molar-refractivity contribution in [3.05, 3.63) is 35.9 Å². The third-order valence-corrected chi connectivity index (χ3v) is 5.20. The molecule has 0 aliphatic rings. The highest BCUT2D eigenvalue weighted by Gasteiger charge is 2.27. The zero-order valence-corrected chi connectivity index (χ0v) is 12.6. The summed E-state index contributed by atoms with van der Waals surface area (Å²) in [5, 5.41) is 0. The molecule has 19 heavy (non-hydrogen) atoms. The molecule has 0 saturated carbocycles. The molecule has 0 spiro atoms. The highest BCUT2D eigenvalue weighted by Crippen LogP contribution is 2.27. The van der Waals surface area contributed by atoms with Gasteiger partial charge in [0.25, 0.3) is 0 Å². The predicted octanol–water partition coefficient (Wildman–Crippen LogP) is 2.47. The van der Waals surface area contributed by atoms with Crippen molar-refractivity contribution >= 4 is 15.7 Å². The topological polar surface area (TPSA) is 63.4 Å². The van der Waals surface area contributed by atoms with E-state index in [2.05, 4.69) is 6.58 Å². The number of sulfonamides is 1. The Labute approximate surface area is 116 Å². The van der Waals surface area contributed by atoms with E-state index in [-0.39, 0.29) is 0 Å². The fourth-order valence-electron chi connectivity index (χ4n) is 2.07. The van der Waals surface area contributed by atoms with Gasteiger partial charge >= 0.3 is 0 Å². The average molecular weight is 282 g/mol. The van der Waals surface area contributed by atoms with E-state index < -0.39 is 10.0 Å². The summed E-state index contributed by atoms with van der Waals surface area (Å²) in [6.07, 6.45) is 2.36. The molecule has 0 aromatic heterocycles. The van der Waals surface area contributed by atoms with Crippen molar-refractivity contribution in [2.75, 3.05) is 18.8 Å². The molecule has 0 amide bonds. The Hall–Kier alpha value is -1.33. The minimum absolute atomic E-state index is 0.309. The molecule has 5 heteroatoms. The smallest absolute Gasteiger partial charge is 0.243 e. The van der Waals surface area contributed by atoms with Gasteiger partial charge in [-0.25, -0.2) is 8.42 Å². The lowest BCUT2D eigenvalue weighted by molar-refractivity contribution is 0.441. The average Bonchev–Trinajstić information content (AvgIpc) is 2.34. The molecule has 0 atom stereocenters. The van der Waals surface area contributed by atoms with Crippen molar-refractivity contribution in [1.82, 2.24) is 4.31 Å². The Kier molecular flexibility index (Phi) is 5.14. The number of nitrogens with two attached hydrogens (primary N) is 1. The van der Waals surface area contributed by atoms with E-state index >= 15 is 0 Å². The first-order valence-corrected chi connectivity index (χ1v) is 7.77.